The summed E-state index contributed by atoms with van der Waals surface area (Å²) in [6.07, 6.45) is 1.63. The normalized spacial score (nSPS) is 10.8. The number of carboxylic acid groups (broad SMARTS) is 1. The van der Waals surface area contributed by atoms with Crippen molar-refractivity contribution < 1.29 is 14.3 Å². The first-order valence-corrected chi connectivity index (χ1v) is 3.98. The minimum Gasteiger partial charge on any atom is -0.477 e. The molecule has 0 spiro atoms. The molecule has 0 saturated carbocycles. The van der Waals surface area contributed by atoms with Crippen molar-refractivity contribution in [2.75, 3.05) is 0 Å². The number of rotatable bonds is 1. The summed E-state index contributed by atoms with van der Waals surface area (Å²) in [5, 5.41) is 8.76. The molecule has 0 unspecified atom stereocenters. The molecule has 0 radical (unpaired) electrons. The van der Waals surface area contributed by atoms with Crippen LogP contribution in [0.3, 0.4) is 0 Å². The molecular formula is C7H4BrNO3. The van der Waals surface area contributed by atoms with Crippen LogP contribution in [0.25, 0.3) is 11.1 Å². The van der Waals surface area contributed by atoms with Gasteiger partial charge in [-0.15, -0.1) is 0 Å². The van der Waals surface area contributed by atoms with Gasteiger partial charge in [-0.25, -0.2) is 4.79 Å². The number of aromatic amines is 1. The van der Waals surface area contributed by atoms with Gasteiger partial charge in [0.15, 0.2) is 10.3 Å². The standard InChI is InChI=1S/C7H4BrNO3/c8-6-4(7(10)11)5-3(12-6)1-2-9-5/h1-2,9H,(H,10,11). The average molecular weight is 230 g/mol. The Morgan fingerprint density at radius 1 is 1.67 bits per heavy atom. The molecule has 2 N–H and O–H groups in total. The Hall–Kier alpha value is -1.23. The van der Waals surface area contributed by atoms with Gasteiger partial charge < -0.3 is 14.5 Å². The summed E-state index contributed by atoms with van der Waals surface area (Å²) in [4.78, 5) is 13.5. The largest absolute Gasteiger partial charge is 0.477 e. The van der Waals surface area contributed by atoms with Crippen molar-refractivity contribution in [2.45, 2.75) is 0 Å². The van der Waals surface area contributed by atoms with E-state index in [1.54, 1.807) is 12.3 Å². The molecule has 0 aliphatic heterocycles. The summed E-state index contributed by atoms with van der Waals surface area (Å²) < 4.78 is 5.35. The fourth-order valence-electron chi connectivity index (χ4n) is 1.07. The van der Waals surface area contributed by atoms with E-state index in [9.17, 15) is 4.79 Å². The third-order valence-electron chi connectivity index (χ3n) is 1.57. The molecule has 0 bridgehead atoms. The molecule has 0 atom stereocenters. The maximum atomic E-state index is 10.7. The molecule has 62 valence electrons. The maximum Gasteiger partial charge on any atom is 0.342 e. The Labute approximate surface area is 75.3 Å². The van der Waals surface area contributed by atoms with Gasteiger partial charge in [-0.1, -0.05) is 0 Å². The van der Waals surface area contributed by atoms with E-state index in [0.29, 0.717) is 11.1 Å². The molecule has 2 aromatic heterocycles. The number of fused-ring (bicyclic) bond motifs is 1. The SMILES string of the molecule is O=C(O)c1c(Br)oc2cc[nH]c12. The summed E-state index contributed by atoms with van der Waals surface area (Å²) >= 11 is 3.02. The van der Waals surface area contributed by atoms with Crippen molar-refractivity contribution >= 4 is 33.0 Å². The molecule has 0 saturated heterocycles. The Morgan fingerprint density at radius 2 is 2.42 bits per heavy atom. The van der Waals surface area contributed by atoms with Crippen LogP contribution in [0.5, 0.6) is 0 Å². The molecule has 2 aromatic rings. The van der Waals surface area contributed by atoms with Crippen molar-refractivity contribution in [2.24, 2.45) is 0 Å². The van der Waals surface area contributed by atoms with Gasteiger partial charge in [0.25, 0.3) is 0 Å². The van der Waals surface area contributed by atoms with Gasteiger partial charge in [0.05, 0.1) is 0 Å². The molecule has 12 heavy (non-hydrogen) atoms. The molecule has 4 nitrogen and oxygen atoms in total. The Kier molecular flexibility index (Phi) is 1.47. The van der Waals surface area contributed by atoms with E-state index < -0.39 is 5.97 Å². The Balaban J connectivity index is 2.84. The number of carboxylic acids is 1. The van der Waals surface area contributed by atoms with Crippen molar-refractivity contribution in [3.63, 3.8) is 0 Å². The first-order chi connectivity index (χ1) is 5.70. The zero-order valence-electron chi connectivity index (χ0n) is 5.80. The van der Waals surface area contributed by atoms with Gasteiger partial charge in [0.2, 0.25) is 0 Å². The second-order valence-corrected chi connectivity index (χ2v) is 2.99. The molecule has 0 aliphatic rings. The van der Waals surface area contributed by atoms with Crippen molar-refractivity contribution in [3.8, 4) is 0 Å². The highest BCUT2D eigenvalue weighted by molar-refractivity contribution is 9.10. The first kappa shape index (κ1) is 7.42. The van der Waals surface area contributed by atoms with E-state index in [4.69, 9.17) is 9.52 Å². The minimum absolute atomic E-state index is 0.134. The van der Waals surface area contributed by atoms with Crippen molar-refractivity contribution in [1.29, 1.82) is 0 Å². The second-order valence-electron chi connectivity index (χ2n) is 2.27. The maximum absolute atomic E-state index is 10.7. The molecule has 0 aromatic carbocycles. The van der Waals surface area contributed by atoms with Crippen LogP contribution in [0.2, 0.25) is 0 Å². The van der Waals surface area contributed by atoms with E-state index in [2.05, 4.69) is 20.9 Å². The van der Waals surface area contributed by atoms with Gasteiger partial charge in [-0.2, -0.15) is 0 Å². The average Bonchev–Trinajstić information content (AvgIpc) is 2.44. The highest BCUT2D eigenvalue weighted by Gasteiger charge is 2.18. The lowest BCUT2D eigenvalue weighted by molar-refractivity contribution is 0.0696. The minimum atomic E-state index is -1.01. The number of hydrogen-bond donors (Lipinski definition) is 2. The number of nitrogens with one attached hydrogen (secondary N) is 1. The topological polar surface area (TPSA) is 66.2 Å². The van der Waals surface area contributed by atoms with E-state index in [1.165, 1.54) is 0 Å². The van der Waals surface area contributed by atoms with Crippen LogP contribution < -0.4 is 0 Å². The van der Waals surface area contributed by atoms with Crippen LogP contribution in [0.15, 0.2) is 21.3 Å². The predicted molar refractivity (Wildman–Crippen MR) is 45.2 cm³/mol. The third kappa shape index (κ3) is 0.863. The fraction of sp³-hybridized carbons (Fsp3) is 0. The zero-order valence-corrected chi connectivity index (χ0v) is 7.38. The predicted octanol–water partition coefficient (Wildman–Crippen LogP) is 2.22. The molecular weight excluding hydrogens is 226 g/mol. The summed E-state index contributed by atoms with van der Waals surface area (Å²) in [5.74, 6) is -1.01. The number of aromatic carboxylic acids is 1. The highest BCUT2D eigenvalue weighted by Crippen LogP contribution is 2.28. The lowest BCUT2D eigenvalue weighted by Crippen LogP contribution is -1.95. The van der Waals surface area contributed by atoms with Crippen LogP contribution in [0.4, 0.5) is 0 Å². The number of hydrogen-bond acceptors (Lipinski definition) is 2. The van der Waals surface area contributed by atoms with Crippen LogP contribution in [0.1, 0.15) is 10.4 Å². The summed E-state index contributed by atoms with van der Waals surface area (Å²) in [5.41, 5.74) is 1.18. The van der Waals surface area contributed by atoms with Gasteiger partial charge >= 0.3 is 5.97 Å². The van der Waals surface area contributed by atoms with E-state index in [-0.39, 0.29) is 10.2 Å². The van der Waals surface area contributed by atoms with Gasteiger partial charge in [-0.3, -0.25) is 0 Å². The van der Waals surface area contributed by atoms with E-state index in [1.807, 2.05) is 0 Å². The summed E-state index contributed by atoms with van der Waals surface area (Å²) in [6.45, 7) is 0. The van der Waals surface area contributed by atoms with Gasteiger partial charge in [-0.05, 0) is 22.0 Å². The van der Waals surface area contributed by atoms with Crippen LogP contribution >= 0.6 is 15.9 Å². The number of H-pyrrole nitrogens is 1. The lowest BCUT2D eigenvalue weighted by atomic mass is 10.3. The smallest absolute Gasteiger partial charge is 0.342 e. The number of furan rings is 1. The van der Waals surface area contributed by atoms with Crippen LogP contribution in [-0.2, 0) is 0 Å². The first-order valence-electron chi connectivity index (χ1n) is 3.19. The highest BCUT2D eigenvalue weighted by atomic mass is 79.9. The number of halogens is 1. The molecule has 2 rings (SSSR count). The molecule has 0 amide bonds. The zero-order chi connectivity index (χ0) is 8.72. The number of aromatic nitrogens is 1. The van der Waals surface area contributed by atoms with Crippen LogP contribution in [-0.4, -0.2) is 16.1 Å². The molecule has 0 aliphatic carbocycles. The molecule has 2 heterocycles. The monoisotopic (exact) mass is 229 g/mol. The third-order valence-corrected chi connectivity index (χ3v) is 2.13. The van der Waals surface area contributed by atoms with E-state index in [0.717, 1.165) is 0 Å². The fourth-order valence-corrected chi connectivity index (χ4v) is 1.61. The van der Waals surface area contributed by atoms with Crippen LogP contribution in [0, 0.1) is 0 Å². The Morgan fingerprint density at radius 3 is 3.08 bits per heavy atom. The summed E-state index contributed by atoms with van der Waals surface area (Å²) in [6, 6.07) is 1.67. The van der Waals surface area contributed by atoms with Gasteiger partial charge in [0.1, 0.15) is 11.1 Å². The Bertz CT molecular complexity index is 442. The van der Waals surface area contributed by atoms with Gasteiger partial charge in [0, 0.05) is 6.20 Å². The lowest BCUT2D eigenvalue weighted by Gasteiger charge is -1.86. The number of carbonyl (C=O) groups is 1. The summed E-state index contributed by atoms with van der Waals surface area (Å²) in [7, 11) is 0. The van der Waals surface area contributed by atoms with Crippen molar-refractivity contribution in [1.82, 2.24) is 4.98 Å². The molecule has 5 heteroatoms. The second kappa shape index (κ2) is 2.38. The molecule has 0 fully saturated rings. The van der Waals surface area contributed by atoms with Crippen molar-refractivity contribution in [3.05, 3.63) is 22.5 Å². The van der Waals surface area contributed by atoms with E-state index >= 15 is 0 Å². The quantitative estimate of drug-likeness (QED) is 0.789.